The Morgan fingerprint density at radius 2 is 2.36 bits per heavy atom. The number of nitrogens with two attached hydrogens (primary N) is 1. The Morgan fingerprint density at radius 3 is 2.93 bits per heavy atom. The molecular weight excluding hydrogens is 174 g/mol. The first-order valence-electron chi connectivity index (χ1n) is 5.53. The Labute approximate surface area is 85.3 Å². The van der Waals surface area contributed by atoms with Crippen LogP contribution in [0.2, 0.25) is 0 Å². The molecule has 0 saturated heterocycles. The molecule has 0 aliphatic heterocycles. The zero-order chi connectivity index (χ0) is 9.97. The van der Waals surface area contributed by atoms with Crippen molar-refractivity contribution < 1.29 is 0 Å². The second-order valence-corrected chi connectivity index (χ2v) is 4.20. The Hall–Kier alpha value is -0.830. The Bertz CT molecular complexity index is 299. The maximum absolute atomic E-state index is 5.53. The molecule has 1 fully saturated rings. The third-order valence-corrected chi connectivity index (χ3v) is 3.21. The zero-order valence-electron chi connectivity index (χ0n) is 8.87. The van der Waals surface area contributed by atoms with Gasteiger partial charge in [-0.15, -0.1) is 0 Å². The molecular formula is C11H19N3. The van der Waals surface area contributed by atoms with Gasteiger partial charge in [0.15, 0.2) is 0 Å². The fourth-order valence-corrected chi connectivity index (χ4v) is 2.19. The molecule has 0 atom stereocenters. The SMILES string of the molecule is Cn1ncc(CCCN)c1C1CCC1. The van der Waals surface area contributed by atoms with Crippen LogP contribution >= 0.6 is 0 Å². The molecule has 1 aliphatic rings. The highest BCUT2D eigenvalue weighted by Crippen LogP contribution is 2.37. The molecule has 14 heavy (non-hydrogen) atoms. The quantitative estimate of drug-likeness (QED) is 0.789. The van der Waals surface area contributed by atoms with Crippen LogP contribution in [0, 0.1) is 0 Å². The average molecular weight is 193 g/mol. The van der Waals surface area contributed by atoms with E-state index in [0.29, 0.717) is 0 Å². The first-order chi connectivity index (χ1) is 6.83. The molecule has 3 nitrogen and oxygen atoms in total. The number of hydrogen-bond donors (Lipinski definition) is 1. The van der Waals surface area contributed by atoms with Gasteiger partial charge in [-0.25, -0.2) is 0 Å². The van der Waals surface area contributed by atoms with Crippen molar-refractivity contribution in [2.45, 2.75) is 38.0 Å². The number of aromatic nitrogens is 2. The van der Waals surface area contributed by atoms with Gasteiger partial charge in [-0.3, -0.25) is 4.68 Å². The van der Waals surface area contributed by atoms with Gasteiger partial charge in [-0.05, 0) is 37.8 Å². The molecule has 2 N–H and O–H groups in total. The van der Waals surface area contributed by atoms with Gasteiger partial charge in [-0.1, -0.05) is 6.42 Å². The van der Waals surface area contributed by atoms with Crippen LogP contribution in [-0.4, -0.2) is 16.3 Å². The molecule has 1 aromatic rings. The summed E-state index contributed by atoms with van der Waals surface area (Å²) in [5.41, 5.74) is 8.41. The number of nitrogens with zero attached hydrogens (tertiary/aromatic N) is 2. The summed E-state index contributed by atoms with van der Waals surface area (Å²) < 4.78 is 2.05. The molecule has 3 heteroatoms. The Balaban J connectivity index is 2.13. The fourth-order valence-electron chi connectivity index (χ4n) is 2.19. The Kier molecular flexibility index (Phi) is 2.87. The van der Waals surface area contributed by atoms with E-state index in [9.17, 15) is 0 Å². The highest BCUT2D eigenvalue weighted by molar-refractivity contribution is 5.23. The number of hydrogen-bond acceptors (Lipinski definition) is 2. The van der Waals surface area contributed by atoms with Gasteiger partial charge in [0.25, 0.3) is 0 Å². The molecule has 1 heterocycles. The summed E-state index contributed by atoms with van der Waals surface area (Å²) in [6, 6.07) is 0. The van der Waals surface area contributed by atoms with Crippen molar-refractivity contribution in [3.63, 3.8) is 0 Å². The van der Waals surface area contributed by atoms with E-state index in [4.69, 9.17) is 5.73 Å². The molecule has 0 aromatic carbocycles. The van der Waals surface area contributed by atoms with Crippen molar-refractivity contribution in [3.8, 4) is 0 Å². The highest BCUT2D eigenvalue weighted by atomic mass is 15.3. The van der Waals surface area contributed by atoms with Crippen LogP contribution < -0.4 is 5.73 Å². The van der Waals surface area contributed by atoms with Gasteiger partial charge in [0.2, 0.25) is 0 Å². The summed E-state index contributed by atoms with van der Waals surface area (Å²) in [4.78, 5) is 0. The number of rotatable bonds is 4. The summed E-state index contributed by atoms with van der Waals surface area (Å²) in [7, 11) is 2.06. The minimum atomic E-state index is 0.773. The van der Waals surface area contributed by atoms with E-state index in [1.807, 2.05) is 6.20 Å². The molecule has 1 aliphatic carbocycles. The van der Waals surface area contributed by atoms with Crippen molar-refractivity contribution >= 4 is 0 Å². The van der Waals surface area contributed by atoms with E-state index in [2.05, 4.69) is 16.8 Å². The molecule has 0 radical (unpaired) electrons. The second-order valence-electron chi connectivity index (χ2n) is 4.20. The topological polar surface area (TPSA) is 43.8 Å². The first-order valence-corrected chi connectivity index (χ1v) is 5.53. The monoisotopic (exact) mass is 193 g/mol. The molecule has 0 unspecified atom stereocenters. The predicted octanol–water partition coefficient (Wildman–Crippen LogP) is 1.58. The van der Waals surface area contributed by atoms with Gasteiger partial charge in [0, 0.05) is 18.7 Å². The molecule has 0 spiro atoms. The minimum Gasteiger partial charge on any atom is -0.330 e. The van der Waals surface area contributed by atoms with Gasteiger partial charge in [0.05, 0.1) is 6.20 Å². The zero-order valence-corrected chi connectivity index (χ0v) is 8.87. The van der Waals surface area contributed by atoms with Crippen molar-refractivity contribution in [3.05, 3.63) is 17.5 Å². The molecule has 0 bridgehead atoms. The lowest BCUT2D eigenvalue weighted by molar-refractivity contribution is 0.394. The van der Waals surface area contributed by atoms with Gasteiger partial charge in [0.1, 0.15) is 0 Å². The maximum Gasteiger partial charge on any atom is 0.0524 e. The second kappa shape index (κ2) is 4.13. The fraction of sp³-hybridized carbons (Fsp3) is 0.727. The average Bonchev–Trinajstić information content (AvgIpc) is 2.43. The number of aryl methyl sites for hydroxylation is 2. The minimum absolute atomic E-state index is 0.773. The highest BCUT2D eigenvalue weighted by Gasteiger charge is 2.24. The van der Waals surface area contributed by atoms with Crippen molar-refractivity contribution in [1.82, 2.24) is 9.78 Å². The molecule has 78 valence electrons. The van der Waals surface area contributed by atoms with Crippen LogP contribution in [0.1, 0.15) is 42.9 Å². The third kappa shape index (κ3) is 1.69. The van der Waals surface area contributed by atoms with Gasteiger partial charge >= 0.3 is 0 Å². The van der Waals surface area contributed by atoms with Crippen LogP contribution in [-0.2, 0) is 13.5 Å². The van der Waals surface area contributed by atoms with Crippen molar-refractivity contribution in [2.75, 3.05) is 6.54 Å². The molecule has 0 amide bonds. The van der Waals surface area contributed by atoms with E-state index in [1.165, 1.54) is 30.5 Å². The van der Waals surface area contributed by atoms with Gasteiger partial charge < -0.3 is 5.73 Å². The predicted molar refractivity (Wildman–Crippen MR) is 57.2 cm³/mol. The first kappa shape index (κ1) is 9.71. The third-order valence-electron chi connectivity index (χ3n) is 3.21. The van der Waals surface area contributed by atoms with Crippen LogP contribution in [0.15, 0.2) is 6.20 Å². The lowest BCUT2D eigenvalue weighted by atomic mass is 9.81. The lowest BCUT2D eigenvalue weighted by Gasteiger charge is -2.26. The van der Waals surface area contributed by atoms with E-state index in [1.54, 1.807) is 0 Å². The van der Waals surface area contributed by atoms with E-state index >= 15 is 0 Å². The Morgan fingerprint density at radius 1 is 1.57 bits per heavy atom. The maximum atomic E-state index is 5.53. The van der Waals surface area contributed by atoms with Crippen molar-refractivity contribution in [2.24, 2.45) is 12.8 Å². The smallest absolute Gasteiger partial charge is 0.0524 e. The lowest BCUT2D eigenvalue weighted by Crippen LogP contribution is -2.15. The van der Waals surface area contributed by atoms with Crippen LogP contribution in [0.25, 0.3) is 0 Å². The van der Waals surface area contributed by atoms with Gasteiger partial charge in [-0.2, -0.15) is 5.10 Å². The summed E-state index contributed by atoms with van der Waals surface area (Å²) in [6.45, 7) is 0.777. The van der Waals surface area contributed by atoms with E-state index in [0.717, 1.165) is 25.3 Å². The largest absolute Gasteiger partial charge is 0.330 e. The van der Waals surface area contributed by atoms with Crippen molar-refractivity contribution in [1.29, 1.82) is 0 Å². The normalized spacial score (nSPS) is 17.0. The molecule has 2 rings (SSSR count). The molecule has 1 saturated carbocycles. The summed E-state index contributed by atoms with van der Waals surface area (Å²) in [6.07, 6.45) is 8.25. The molecule has 1 aromatic heterocycles. The van der Waals surface area contributed by atoms with Crippen LogP contribution in [0.3, 0.4) is 0 Å². The van der Waals surface area contributed by atoms with E-state index in [-0.39, 0.29) is 0 Å². The van der Waals surface area contributed by atoms with Crippen LogP contribution in [0.4, 0.5) is 0 Å². The summed E-state index contributed by atoms with van der Waals surface area (Å²) >= 11 is 0. The summed E-state index contributed by atoms with van der Waals surface area (Å²) in [5, 5.41) is 4.35. The van der Waals surface area contributed by atoms with Crippen LogP contribution in [0.5, 0.6) is 0 Å². The van der Waals surface area contributed by atoms with E-state index < -0.39 is 0 Å². The summed E-state index contributed by atoms with van der Waals surface area (Å²) in [5.74, 6) is 0.773. The standard InChI is InChI=1S/C11H19N3/c1-14-11(9-4-2-5-9)10(8-13-14)6-3-7-12/h8-9H,2-7,12H2,1H3.